The lowest BCUT2D eigenvalue weighted by Gasteiger charge is -2.45. The molecule has 0 unspecified atom stereocenters. The third-order valence-corrected chi connectivity index (χ3v) is 6.39. The second kappa shape index (κ2) is 9.88. The first-order chi connectivity index (χ1) is 18.1. The van der Waals surface area contributed by atoms with E-state index >= 15 is 0 Å². The lowest BCUT2D eigenvalue weighted by atomic mass is 9.94. The summed E-state index contributed by atoms with van der Waals surface area (Å²) in [5.41, 5.74) is 0.670. The van der Waals surface area contributed by atoms with E-state index < -0.39 is 24.5 Å². The van der Waals surface area contributed by atoms with Crippen LogP contribution in [0.15, 0.2) is 42.7 Å². The summed E-state index contributed by atoms with van der Waals surface area (Å²) in [5.74, 6) is -0.380. The Morgan fingerprint density at radius 2 is 1.84 bits per heavy atom. The van der Waals surface area contributed by atoms with Gasteiger partial charge in [-0.1, -0.05) is 0 Å². The molecule has 0 saturated carbocycles. The van der Waals surface area contributed by atoms with Crippen LogP contribution in [0, 0.1) is 6.92 Å². The Labute approximate surface area is 214 Å². The van der Waals surface area contributed by atoms with Crippen LogP contribution in [0.25, 0.3) is 16.9 Å². The van der Waals surface area contributed by atoms with Gasteiger partial charge in [-0.15, -0.1) is 5.10 Å². The topological polar surface area (TPSA) is 98.1 Å². The fourth-order valence-corrected chi connectivity index (χ4v) is 4.59. The average Bonchev–Trinajstić information content (AvgIpc) is 3.27. The highest BCUT2D eigenvalue weighted by Gasteiger charge is 2.38. The van der Waals surface area contributed by atoms with Gasteiger partial charge in [0.2, 0.25) is 0 Å². The summed E-state index contributed by atoms with van der Waals surface area (Å²) in [6.07, 6.45) is -0.787. The highest BCUT2D eigenvalue weighted by atomic mass is 19.3. The van der Waals surface area contributed by atoms with Gasteiger partial charge in [0.05, 0.1) is 22.4 Å². The van der Waals surface area contributed by atoms with E-state index in [4.69, 9.17) is 4.74 Å². The molecule has 0 aliphatic carbocycles. The van der Waals surface area contributed by atoms with Crippen molar-refractivity contribution >= 4 is 28.4 Å². The number of anilines is 2. The van der Waals surface area contributed by atoms with Crippen LogP contribution < -0.4 is 10.1 Å². The first kappa shape index (κ1) is 25.4. The first-order valence-electron chi connectivity index (χ1n) is 11.8. The monoisotopic (exact) mass is 529 g/mol. The number of pyridine rings is 1. The predicted molar refractivity (Wildman–Crippen MR) is 130 cm³/mol. The van der Waals surface area contributed by atoms with Crippen molar-refractivity contribution in [3.05, 3.63) is 59.7 Å². The number of hydrogen-bond acceptors (Lipinski definition) is 7. The number of nitrogens with zero attached hydrogens (tertiary/aromatic N) is 6. The Kier molecular flexibility index (Phi) is 6.59. The fraction of sp³-hybridized carbons (Fsp3) is 0.320. The van der Waals surface area contributed by atoms with Gasteiger partial charge in [-0.2, -0.15) is 13.9 Å². The molecule has 1 amide bonds. The van der Waals surface area contributed by atoms with Crippen LogP contribution in [0.2, 0.25) is 0 Å². The maximum absolute atomic E-state index is 13.8. The van der Waals surface area contributed by atoms with E-state index in [2.05, 4.69) is 25.5 Å². The Morgan fingerprint density at radius 3 is 2.47 bits per heavy atom. The largest absolute Gasteiger partial charge is 0.433 e. The maximum atomic E-state index is 13.8. The van der Waals surface area contributed by atoms with E-state index in [9.17, 15) is 22.4 Å². The zero-order valence-electron chi connectivity index (χ0n) is 20.6. The molecule has 4 aromatic rings. The normalized spacial score (nSPS) is 17.2. The van der Waals surface area contributed by atoms with E-state index in [1.807, 2.05) is 13.8 Å². The van der Waals surface area contributed by atoms with Gasteiger partial charge < -0.3 is 15.0 Å². The van der Waals surface area contributed by atoms with Gasteiger partial charge in [-0.25, -0.2) is 18.7 Å². The number of rotatable bonds is 7. The molecule has 3 aromatic heterocycles. The summed E-state index contributed by atoms with van der Waals surface area (Å²) < 4.78 is 60.2. The van der Waals surface area contributed by atoms with Gasteiger partial charge in [0.1, 0.15) is 17.8 Å². The molecular weight excluding hydrogens is 506 g/mol. The Hall–Kier alpha value is -4.29. The van der Waals surface area contributed by atoms with Gasteiger partial charge in [0.25, 0.3) is 12.3 Å². The average molecular weight is 529 g/mol. The number of likely N-dealkylation sites (tertiary alicyclic amines) is 1. The van der Waals surface area contributed by atoms with E-state index in [0.29, 0.717) is 22.5 Å². The number of benzene rings is 1. The van der Waals surface area contributed by atoms with Gasteiger partial charge in [0, 0.05) is 23.7 Å². The zero-order valence-corrected chi connectivity index (χ0v) is 20.6. The number of imidazole rings is 1. The summed E-state index contributed by atoms with van der Waals surface area (Å²) in [7, 11) is 0. The van der Waals surface area contributed by atoms with Crippen LogP contribution in [-0.2, 0) is 0 Å². The number of amides is 1. The highest BCUT2D eigenvalue weighted by molar-refractivity contribution is 5.95. The molecule has 38 heavy (non-hydrogen) atoms. The Morgan fingerprint density at radius 1 is 1.08 bits per heavy atom. The fourth-order valence-electron chi connectivity index (χ4n) is 4.59. The zero-order chi connectivity index (χ0) is 27.1. The molecule has 1 fully saturated rings. The molecular formula is C25H23F4N7O2. The second-order valence-electron chi connectivity index (χ2n) is 9.07. The number of carbonyl (C=O) groups is 1. The molecule has 9 nitrogen and oxygen atoms in total. The van der Waals surface area contributed by atoms with Crippen LogP contribution in [0.1, 0.15) is 48.4 Å². The summed E-state index contributed by atoms with van der Waals surface area (Å²) >= 11 is 0. The number of fused-ring (bicyclic) bond motifs is 1. The number of carbonyl (C=O) groups excluding carboxylic acids is 1. The molecule has 13 heteroatoms. The maximum Gasteiger partial charge on any atom is 0.387 e. The van der Waals surface area contributed by atoms with Crippen LogP contribution in [-0.4, -0.2) is 54.2 Å². The van der Waals surface area contributed by atoms with Gasteiger partial charge in [0.15, 0.2) is 11.6 Å². The molecule has 1 aliphatic rings. The summed E-state index contributed by atoms with van der Waals surface area (Å²) in [6, 6.07) is 8.40. The number of nitrogens with one attached hydrogen (secondary N) is 1. The molecule has 2 atom stereocenters. The highest BCUT2D eigenvalue weighted by Crippen LogP contribution is 2.35. The number of aryl methyl sites for hydroxylation is 1. The molecule has 1 aliphatic heterocycles. The van der Waals surface area contributed by atoms with E-state index in [1.54, 1.807) is 19.1 Å². The van der Waals surface area contributed by atoms with E-state index in [0.717, 1.165) is 12.5 Å². The van der Waals surface area contributed by atoms with Crippen LogP contribution >= 0.6 is 0 Å². The number of hydrogen-bond donors (Lipinski definition) is 1. The minimum Gasteiger partial charge on any atom is -0.433 e. The minimum atomic E-state index is -3.12. The van der Waals surface area contributed by atoms with E-state index in [1.165, 1.54) is 34.0 Å². The van der Waals surface area contributed by atoms with E-state index in [-0.39, 0.29) is 35.0 Å². The molecule has 198 valence electrons. The standard InChI is InChI=1S/C25H23F4N7O2/c1-12-4-6-20(34-33-12)31-17-9-16-18(10-19(17)38-25(28)29)35(11-30-16)21-7-5-15(23(26)27)22(32-21)24(37)36-13(2)8-14(36)3/h4-7,9-11,13-14,23,25H,8H2,1-3H3,(H,31,34)/t13-,14-/m0/s1. The molecule has 5 rings (SSSR count). The van der Waals surface area contributed by atoms with Crippen molar-refractivity contribution in [3.63, 3.8) is 0 Å². The van der Waals surface area contributed by atoms with Crippen molar-refractivity contribution in [1.82, 2.24) is 29.6 Å². The van der Waals surface area contributed by atoms with Gasteiger partial charge >= 0.3 is 6.61 Å². The third kappa shape index (κ3) is 4.71. The SMILES string of the molecule is Cc1ccc(Nc2cc3ncn(-c4ccc(C(F)F)c(C(=O)N5[C@@H](C)C[C@@H]5C)n4)c3cc2OC(F)F)nn1. The van der Waals surface area contributed by atoms with Crippen molar-refractivity contribution < 1.29 is 27.1 Å². The van der Waals surface area contributed by atoms with Crippen molar-refractivity contribution in [3.8, 4) is 11.6 Å². The van der Waals surface area contributed by atoms with Crippen molar-refractivity contribution in [1.29, 1.82) is 0 Å². The number of halogens is 4. The smallest absolute Gasteiger partial charge is 0.387 e. The lowest BCUT2D eigenvalue weighted by Crippen LogP contribution is -2.56. The molecule has 4 heterocycles. The lowest BCUT2D eigenvalue weighted by molar-refractivity contribution is -0.0492. The summed E-state index contributed by atoms with van der Waals surface area (Å²) in [5, 5.41) is 10.8. The predicted octanol–water partition coefficient (Wildman–Crippen LogP) is 5.42. The second-order valence-corrected chi connectivity index (χ2v) is 9.07. The van der Waals surface area contributed by atoms with Crippen molar-refractivity contribution in [2.45, 2.75) is 52.3 Å². The molecule has 1 N–H and O–H groups in total. The molecule has 0 bridgehead atoms. The Balaban J connectivity index is 1.58. The summed E-state index contributed by atoms with van der Waals surface area (Å²) in [4.78, 5) is 23.3. The molecule has 0 radical (unpaired) electrons. The third-order valence-electron chi connectivity index (χ3n) is 6.39. The van der Waals surface area contributed by atoms with Crippen LogP contribution in [0.4, 0.5) is 29.1 Å². The quantitative estimate of drug-likeness (QED) is 0.319. The minimum absolute atomic E-state index is 0.0965. The Bertz CT molecular complexity index is 1490. The summed E-state index contributed by atoms with van der Waals surface area (Å²) in [6.45, 7) is 2.31. The molecule has 1 aromatic carbocycles. The van der Waals surface area contributed by atoms with Crippen molar-refractivity contribution in [2.24, 2.45) is 0 Å². The molecule has 0 spiro atoms. The number of alkyl halides is 4. The van der Waals surface area contributed by atoms with Crippen LogP contribution in [0.5, 0.6) is 5.75 Å². The first-order valence-corrected chi connectivity index (χ1v) is 11.8. The molecule has 1 saturated heterocycles. The van der Waals surface area contributed by atoms with Crippen molar-refractivity contribution in [2.75, 3.05) is 5.32 Å². The van der Waals surface area contributed by atoms with Gasteiger partial charge in [-0.3, -0.25) is 9.36 Å². The number of aromatic nitrogens is 5. The van der Waals surface area contributed by atoms with Gasteiger partial charge in [-0.05, 0) is 57.5 Å². The number of ether oxygens (including phenoxy) is 1. The van der Waals surface area contributed by atoms with Crippen LogP contribution in [0.3, 0.4) is 0 Å².